The quantitative estimate of drug-likeness (QED) is 0.720. The zero-order valence-corrected chi connectivity index (χ0v) is 11.3. The molecule has 3 atom stereocenters. The molecule has 1 rings (SSSR count). The molecule has 3 nitrogen and oxygen atoms in total. The summed E-state index contributed by atoms with van der Waals surface area (Å²) in [6, 6.07) is 1.17. The van der Waals surface area contributed by atoms with Crippen LogP contribution in [-0.4, -0.2) is 49.8 Å². The highest BCUT2D eigenvalue weighted by atomic mass is 16.5. The Bertz CT molecular complexity index is 181. The second kappa shape index (κ2) is 7.25. The summed E-state index contributed by atoms with van der Waals surface area (Å²) < 4.78 is 5.66. The Morgan fingerprint density at radius 3 is 2.75 bits per heavy atom. The number of ether oxygens (including phenoxy) is 1. The fourth-order valence-electron chi connectivity index (χ4n) is 2.13. The molecule has 0 radical (unpaired) electrons. The van der Waals surface area contributed by atoms with Crippen LogP contribution in [0.25, 0.3) is 0 Å². The van der Waals surface area contributed by atoms with Gasteiger partial charge in [0.25, 0.3) is 0 Å². The van der Waals surface area contributed by atoms with E-state index in [0.29, 0.717) is 18.2 Å². The average Bonchev–Trinajstić information content (AvgIpc) is 2.81. The fourth-order valence-corrected chi connectivity index (χ4v) is 2.13. The third-order valence-corrected chi connectivity index (χ3v) is 3.80. The highest BCUT2D eigenvalue weighted by Crippen LogP contribution is 2.15. The van der Waals surface area contributed by atoms with Crippen LogP contribution in [0.15, 0.2) is 0 Å². The van der Waals surface area contributed by atoms with Crippen LogP contribution in [0.5, 0.6) is 0 Å². The smallest absolute Gasteiger partial charge is 0.0726 e. The van der Waals surface area contributed by atoms with E-state index in [1.807, 2.05) is 0 Å². The maximum atomic E-state index is 5.66. The third-order valence-electron chi connectivity index (χ3n) is 3.80. The van der Waals surface area contributed by atoms with Crippen LogP contribution < -0.4 is 5.32 Å². The van der Waals surface area contributed by atoms with Gasteiger partial charge in [-0.2, -0.15) is 0 Å². The summed E-state index contributed by atoms with van der Waals surface area (Å²) in [6.07, 6.45) is 4.10. The second-order valence-corrected chi connectivity index (χ2v) is 5.03. The molecule has 0 bridgehead atoms. The molecule has 0 aromatic heterocycles. The molecule has 3 heteroatoms. The number of likely N-dealkylation sites (N-methyl/N-ethyl adjacent to an activating group) is 1. The van der Waals surface area contributed by atoms with E-state index in [0.717, 1.165) is 19.7 Å². The summed E-state index contributed by atoms with van der Waals surface area (Å²) in [6.45, 7) is 9.88. The number of hydrogen-bond donors (Lipinski definition) is 1. The molecular formula is C13H28N2O. The standard InChI is InChI=1S/C13H28N2O/c1-5-11(2)15(4)9-8-14-12(3)13-7-6-10-16-13/h11-14H,5-10H2,1-4H3. The fraction of sp³-hybridized carbons (Fsp3) is 1.00. The van der Waals surface area contributed by atoms with Crippen molar-refractivity contribution in [2.75, 3.05) is 26.7 Å². The van der Waals surface area contributed by atoms with Gasteiger partial charge >= 0.3 is 0 Å². The van der Waals surface area contributed by atoms with Gasteiger partial charge in [-0.05, 0) is 40.2 Å². The van der Waals surface area contributed by atoms with Crippen molar-refractivity contribution in [1.29, 1.82) is 0 Å². The van der Waals surface area contributed by atoms with Crippen LogP contribution in [-0.2, 0) is 4.74 Å². The molecule has 1 fully saturated rings. The summed E-state index contributed by atoms with van der Waals surface area (Å²) in [7, 11) is 2.20. The molecule has 3 unspecified atom stereocenters. The molecule has 16 heavy (non-hydrogen) atoms. The Balaban J connectivity index is 2.09. The minimum absolute atomic E-state index is 0.439. The predicted molar refractivity (Wildman–Crippen MR) is 68.8 cm³/mol. The molecule has 1 saturated heterocycles. The van der Waals surface area contributed by atoms with E-state index in [4.69, 9.17) is 4.74 Å². The largest absolute Gasteiger partial charge is 0.377 e. The lowest BCUT2D eigenvalue weighted by Gasteiger charge is -2.26. The number of nitrogens with zero attached hydrogens (tertiary/aromatic N) is 1. The first-order chi connectivity index (χ1) is 7.65. The molecule has 0 aliphatic carbocycles. The zero-order valence-electron chi connectivity index (χ0n) is 11.3. The van der Waals surface area contributed by atoms with E-state index in [-0.39, 0.29) is 0 Å². The first kappa shape index (κ1) is 13.9. The highest BCUT2D eigenvalue weighted by Gasteiger charge is 2.21. The Hall–Kier alpha value is -0.120. The molecule has 0 spiro atoms. The van der Waals surface area contributed by atoms with E-state index in [2.05, 4.69) is 38.0 Å². The van der Waals surface area contributed by atoms with Crippen molar-refractivity contribution < 1.29 is 4.74 Å². The van der Waals surface area contributed by atoms with Crippen LogP contribution in [0, 0.1) is 0 Å². The maximum Gasteiger partial charge on any atom is 0.0726 e. The van der Waals surface area contributed by atoms with Crippen molar-refractivity contribution in [1.82, 2.24) is 10.2 Å². The monoisotopic (exact) mass is 228 g/mol. The molecule has 0 aromatic rings. The molecule has 0 amide bonds. The SMILES string of the molecule is CCC(C)N(C)CCNC(C)C1CCCO1. The van der Waals surface area contributed by atoms with Crippen molar-refractivity contribution in [2.24, 2.45) is 0 Å². The van der Waals surface area contributed by atoms with Gasteiger partial charge in [0.1, 0.15) is 0 Å². The van der Waals surface area contributed by atoms with E-state index < -0.39 is 0 Å². The van der Waals surface area contributed by atoms with E-state index in [1.165, 1.54) is 19.3 Å². The number of nitrogens with one attached hydrogen (secondary N) is 1. The van der Waals surface area contributed by atoms with Crippen LogP contribution in [0.3, 0.4) is 0 Å². The molecule has 1 heterocycles. The van der Waals surface area contributed by atoms with Gasteiger partial charge in [-0.25, -0.2) is 0 Å². The van der Waals surface area contributed by atoms with Gasteiger partial charge in [-0.3, -0.25) is 0 Å². The second-order valence-electron chi connectivity index (χ2n) is 5.03. The normalized spacial score (nSPS) is 24.9. The van der Waals surface area contributed by atoms with Crippen LogP contribution in [0.1, 0.15) is 40.0 Å². The molecule has 0 saturated carbocycles. The van der Waals surface area contributed by atoms with Crippen molar-refractivity contribution >= 4 is 0 Å². The Morgan fingerprint density at radius 1 is 1.44 bits per heavy atom. The molecule has 1 aliphatic rings. The lowest BCUT2D eigenvalue weighted by Crippen LogP contribution is -2.42. The lowest BCUT2D eigenvalue weighted by molar-refractivity contribution is 0.0825. The Morgan fingerprint density at radius 2 is 2.19 bits per heavy atom. The molecule has 1 N–H and O–H groups in total. The summed E-state index contributed by atoms with van der Waals surface area (Å²) in [4.78, 5) is 2.41. The van der Waals surface area contributed by atoms with Crippen molar-refractivity contribution in [3.8, 4) is 0 Å². The van der Waals surface area contributed by atoms with Gasteiger partial charge in [0.05, 0.1) is 6.10 Å². The van der Waals surface area contributed by atoms with Gasteiger partial charge in [0.2, 0.25) is 0 Å². The van der Waals surface area contributed by atoms with Crippen LogP contribution in [0.4, 0.5) is 0 Å². The summed E-state index contributed by atoms with van der Waals surface area (Å²) >= 11 is 0. The van der Waals surface area contributed by atoms with Gasteiger partial charge in [0, 0.05) is 31.8 Å². The van der Waals surface area contributed by atoms with Crippen molar-refractivity contribution in [2.45, 2.75) is 58.2 Å². The number of hydrogen-bond acceptors (Lipinski definition) is 3. The van der Waals surface area contributed by atoms with Crippen molar-refractivity contribution in [3.63, 3.8) is 0 Å². The maximum absolute atomic E-state index is 5.66. The summed E-state index contributed by atoms with van der Waals surface area (Å²) in [5.74, 6) is 0. The van der Waals surface area contributed by atoms with Crippen molar-refractivity contribution in [3.05, 3.63) is 0 Å². The first-order valence-corrected chi connectivity index (χ1v) is 6.70. The van der Waals surface area contributed by atoms with Gasteiger partial charge in [0.15, 0.2) is 0 Å². The molecular weight excluding hydrogens is 200 g/mol. The van der Waals surface area contributed by atoms with E-state index >= 15 is 0 Å². The Labute approximate surface area is 101 Å². The van der Waals surface area contributed by atoms with Gasteiger partial charge in [-0.1, -0.05) is 6.92 Å². The minimum atomic E-state index is 0.439. The molecule has 96 valence electrons. The average molecular weight is 228 g/mol. The number of rotatable bonds is 7. The third kappa shape index (κ3) is 4.40. The van der Waals surface area contributed by atoms with Crippen LogP contribution >= 0.6 is 0 Å². The zero-order chi connectivity index (χ0) is 12.0. The summed E-state index contributed by atoms with van der Waals surface area (Å²) in [5, 5.41) is 3.57. The highest BCUT2D eigenvalue weighted by molar-refractivity contribution is 4.77. The van der Waals surface area contributed by atoms with Gasteiger partial charge in [-0.15, -0.1) is 0 Å². The minimum Gasteiger partial charge on any atom is -0.377 e. The topological polar surface area (TPSA) is 24.5 Å². The van der Waals surface area contributed by atoms with E-state index in [9.17, 15) is 0 Å². The molecule has 1 aliphatic heterocycles. The molecule has 0 aromatic carbocycles. The Kier molecular flexibility index (Phi) is 6.32. The van der Waals surface area contributed by atoms with Gasteiger partial charge < -0.3 is 15.0 Å². The summed E-state index contributed by atoms with van der Waals surface area (Å²) in [5.41, 5.74) is 0. The lowest BCUT2D eigenvalue weighted by atomic mass is 10.1. The van der Waals surface area contributed by atoms with Crippen LogP contribution in [0.2, 0.25) is 0 Å². The predicted octanol–water partition coefficient (Wildman–Crippen LogP) is 1.87. The van der Waals surface area contributed by atoms with E-state index in [1.54, 1.807) is 0 Å². The first-order valence-electron chi connectivity index (χ1n) is 6.70.